The van der Waals surface area contributed by atoms with Gasteiger partial charge < -0.3 is 10.3 Å². The molecule has 0 aliphatic rings. The average molecular weight is 309 g/mol. The summed E-state index contributed by atoms with van der Waals surface area (Å²) in [4.78, 5) is 27.3. The maximum absolute atomic E-state index is 11.8. The molecule has 1 amide bonds. The lowest BCUT2D eigenvalue weighted by molar-refractivity contribution is 0.0958. The Hall–Kier alpha value is -2.84. The molecule has 0 spiro atoms. The summed E-state index contributed by atoms with van der Waals surface area (Å²) in [5.41, 5.74) is 1.42. The molecule has 0 fully saturated rings. The molecule has 5 nitrogen and oxygen atoms in total. The predicted molar refractivity (Wildman–Crippen MR) is 89.9 cm³/mol. The van der Waals surface area contributed by atoms with Gasteiger partial charge in [-0.3, -0.25) is 14.5 Å². The van der Waals surface area contributed by atoms with Crippen molar-refractivity contribution in [2.45, 2.75) is 6.54 Å². The normalized spacial score (nSPS) is 10.0. The summed E-state index contributed by atoms with van der Waals surface area (Å²) in [5, 5.41) is 2.69. The van der Waals surface area contributed by atoms with Gasteiger partial charge in [-0.1, -0.05) is 42.2 Å². The van der Waals surface area contributed by atoms with Crippen LogP contribution in [0.3, 0.4) is 0 Å². The first kappa shape index (κ1) is 16.5. The number of nitrogens with zero attached hydrogens (tertiary/aromatic N) is 1. The van der Waals surface area contributed by atoms with Crippen molar-refractivity contribution in [1.29, 1.82) is 0 Å². The summed E-state index contributed by atoms with van der Waals surface area (Å²) in [5.74, 6) is 5.69. The highest BCUT2D eigenvalue weighted by Gasteiger charge is 2.02. The summed E-state index contributed by atoms with van der Waals surface area (Å²) < 4.78 is 0. The largest absolute Gasteiger partial charge is 0.341 e. The van der Waals surface area contributed by atoms with Crippen LogP contribution in [0.1, 0.15) is 15.9 Å². The van der Waals surface area contributed by atoms with E-state index in [0.29, 0.717) is 12.1 Å². The number of hydrogen-bond donors (Lipinski definition) is 2. The zero-order valence-electron chi connectivity index (χ0n) is 13.0. The Morgan fingerprint density at radius 3 is 2.65 bits per heavy atom. The minimum atomic E-state index is -0.256. The van der Waals surface area contributed by atoms with Crippen LogP contribution in [0.2, 0.25) is 0 Å². The van der Waals surface area contributed by atoms with Gasteiger partial charge in [-0.15, -0.1) is 0 Å². The summed E-state index contributed by atoms with van der Waals surface area (Å²) in [6.07, 6.45) is 1.39. The molecule has 0 saturated heterocycles. The number of benzene rings is 1. The lowest BCUT2D eigenvalue weighted by Crippen LogP contribution is -2.24. The Kier molecular flexibility index (Phi) is 6.16. The summed E-state index contributed by atoms with van der Waals surface area (Å²) in [6.45, 7) is 1.74. The number of aromatic nitrogens is 1. The van der Waals surface area contributed by atoms with E-state index in [1.165, 1.54) is 23.9 Å². The van der Waals surface area contributed by atoms with E-state index >= 15 is 0 Å². The molecule has 0 saturated carbocycles. The molecule has 118 valence electrons. The molecule has 5 heteroatoms. The third-order valence-electron chi connectivity index (χ3n) is 3.15. The Labute approximate surface area is 135 Å². The van der Waals surface area contributed by atoms with E-state index < -0.39 is 0 Å². The molecule has 0 unspecified atom stereocenters. The van der Waals surface area contributed by atoms with Crippen LogP contribution in [-0.4, -0.2) is 35.9 Å². The van der Waals surface area contributed by atoms with Crippen molar-refractivity contribution in [3.05, 3.63) is 70.1 Å². The lowest BCUT2D eigenvalue weighted by atomic mass is 10.2. The third-order valence-corrected chi connectivity index (χ3v) is 3.15. The maximum atomic E-state index is 11.8. The predicted octanol–water partition coefficient (Wildman–Crippen LogP) is 1.24. The van der Waals surface area contributed by atoms with Crippen LogP contribution in [0.4, 0.5) is 0 Å². The minimum absolute atomic E-state index is 0.234. The number of carbonyl (C=O) groups excluding carboxylic acids is 1. The lowest BCUT2D eigenvalue weighted by Gasteiger charge is -2.12. The van der Waals surface area contributed by atoms with Crippen molar-refractivity contribution < 1.29 is 4.79 Å². The minimum Gasteiger partial charge on any atom is -0.341 e. The smallest absolute Gasteiger partial charge is 0.253 e. The molecule has 1 aromatic carbocycles. The van der Waals surface area contributed by atoms with Crippen LogP contribution in [0.5, 0.6) is 0 Å². The van der Waals surface area contributed by atoms with E-state index in [0.717, 1.165) is 6.54 Å². The van der Waals surface area contributed by atoms with E-state index in [1.54, 1.807) is 0 Å². The SMILES string of the molecule is CN(CC#CCNC(=O)c1ccc(=O)[nH]c1)Cc1ccccc1. The van der Waals surface area contributed by atoms with Crippen molar-refractivity contribution in [2.24, 2.45) is 0 Å². The topological polar surface area (TPSA) is 65.2 Å². The van der Waals surface area contributed by atoms with Crippen LogP contribution in [0, 0.1) is 11.8 Å². The fraction of sp³-hybridized carbons (Fsp3) is 0.222. The van der Waals surface area contributed by atoms with E-state index in [1.807, 2.05) is 25.2 Å². The van der Waals surface area contributed by atoms with Gasteiger partial charge in [-0.2, -0.15) is 0 Å². The molecule has 2 rings (SSSR count). The second kappa shape index (κ2) is 8.57. The van der Waals surface area contributed by atoms with Crippen molar-refractivity contribution in [3.8, 4) is 11.8 Å². The number of carbonyl (C=O) groups is 1. The van der Waals surface area contributed by atoms with E-state index in [-0.39, 0.29) is 18.0 Å². The van der Waals surface area contributed by atoms with Crippen molar-refractivity contribution in [1.82, 2.24) is 15.2 Å². The Morgan fingerprint density at radius 1 is 1.17 bits per heavy atom. The monoisotopic (exact) mass is 309 g/mol. The van der Waals surface area contributed by atoms with Gasteiger partial charge >= 0.3 is 0 Å². The van der Waals surface area contributed by atoms with Gasteiger partial charge in [0.25, 0.3) is 5.91 Å². The quantitative estimate of drug-likeness (QED) is 0.817. The van der Waals surface area contributed by atoms with Gasteiger partial charge in [0.2, 0.25) is 5.56 Å². The molecule has 0 atom stereocenters. The van der Waals surface area contributed by atoms with Gasteiger partial charge in [0.05, 0.1) is 18.7 Å². The molecule has 2 aromatic rings. The van der Waals surface area contributed by atoms with Crippen LogP contribution < -0.4 is 10.9 Å². The number of aromatic amines is 1. The average Bonchev–Trinajstić information content (AvgIpc) is 2.56. The number of amides is 1. The Morgan fingerprint density at radius 2 is 1.96 bits per heavy atom. The molecule has 0 bridgehead atoms. The van der Waals surface area contributed by atoms with Crippen LogP contribution in [0.15, 0.2) is 53.5 Å². The van der Waals surface area contributed by atoms with Crippen LogP contribution in [0.25, 0.3) is 0 Å². The Balaban J connectivity index is 1.72. The standard InChI is InChI=1S/C18H19N3O2/c1-21(14-15-7-3-2-4-8-15)12-6-5-11-19-18(23)16-9-10-17(22)20-13-16/h2-4,7-10,13H,11-12,14H2,1H3,(H,19,23)(H,20,22). The molecule has 0 aliphatic carbocycles. The van der Waals surface area contributed by atoms with Gasteiger partial charge in [0, 0.05) is 18.8 Å². The first-order valence-electron chi connectivity index (χ1n) is 7.30. The first-order valence-corrected chi connectivity index (χ1v) is 7.30. The molecule has 0 radical (unpaired) electrons. The molecule has 1 heterocycles. The van der Waals surface area contributed by atoms with E-state index in [4.69, 9.17) is 0 Å². The van der Waals surface area contributed by atoms with Crippen molar-refractivity contribution >= 4 is 5.91 Å². The van der Waals surface area contributed by atoms with Crippen molar-refractivity contribution in [2.75, 3.05) is 20.1 Å². The number of pyridine rings is 1. The first-order chi connectivity index (χ1) is 11.1. The fourth-order valence-electron chi connectivity index (χ4n) is 1.98. The summed E-state index contributed by atoms with van der Waals surface area (Å²) in [7, 11) is 2.00. The third kappa shape index (κ3) is 5.81. The second-order valence-electron chi connectivity index (χ2n) is 5.14. The molecule has 2 N–H and O–H groups in total. The van der Waals surface area contributed by atoms with Crippen LogP contribution >= 0.6 is 0 Å². The number of nitrogens with one attached hydrogen (secondary N) is 2. The zero-order chi connectivity index (χ0) is 16.5. The van der Waals surface area contributed by atoms with Crippen LogP contribution in [-0.2, 0) is 6.54 Å². The summed E-state index contributed by atoms with van der Waals surface area (Å²) >= 11 is 0. The Bertz CT molecular complexity index is 737. The number of H-pyrrole nitrogens is 1. The number of hydrogen-bond acceptors (Lipinski definition) is 3. The molecule has 23 heavy (non-hydrogen) atoms. The highest BCUT2D eigenvalue weighted by molar-refractivity contribution is 5.93. The van der Waals surface area contributed by atoms with Gasteiger partial charge in [0.1, 0.15) is 0 Å². The van der Waals surface area contributed by atoms with E-state index in [9.17, 15) is 9.59 Å². The van der Waals surface area contributed by atoms with E-state index in [2.05, 4.69) is 39.2 Å². The second-order valence-corrected chi connectivity index (χ2v) is 5.14. The zero-order valence-corrected chi connectivity index (χ0v) is 13.0. The van der Waals surface area contributed by atoms with Gasteiger partial charge in [0.15, 0.2) is 0 Å². The highest BCUT2D eigenvalue weighted by Crippen LogP contribution is 2.01. The fourth-order valence-corrected chi connectivity index (χ4v) is 1.98. The molecular formula is C18H19N3O2. The summed E-state index contributed by atoms with van der Waals surface area (Å²) in [6, 6.07) is 13.0. The molecular weight excluding hydrogens is 290 g/mol. The number of rotatable bonds is 5. The van der Waals surface area contributed by atoms with Gasteiger partial charge in [-0.05, 0) is 18.7 Å². The highest BCUT2D eigenvalue weighted by atomic mass is 16.1. The molecule has 0 aliphatic heterocycles. The van der Waals surface area contributed by atoms with Gasteiger partial charge in [-0.25, -0.2) is 0 Å². The van der Waals surface area contributed by atoms with Crippen molar-refractivity contribution in [3.63, 3.8) is 0 Å². The maximum Gasteiger partial charge on any atom is 0.253 e. The molecule has 1 aromatic heterocycles.